The van der Waals surface area contributed by atoms with Crippen LogP contribution in [-0.2, 0) is 6.42 Å². The second kappa shape index (κ2) is 7.99. The molecule has 0 bridgehead atoms. The van der Waals surface area contributed by atoms with Gasteiger partial charge in [0.1, 0.15) is 10.6 Å². The lowest BCUT2D eigenvalue weighted by atomic mass is 9.99. The smallest absolute Gasteiger partial charge is 0.297 e. The molecular formula is C23H17Cl2N3O3S. The number of carbonyl (C=O) groups is 1. The Balaban J connectivity index is 1.75. The summed E-state index contributed by atoms with van der Waals surface area (Å²) in [6.45, 7) is 4.18. The summed E-state index contributed by atoms with van der Waals surface area (Å²) in [4.78, 5) is 28.6. The Morgan fingerprint density at radius 1 is 1.09 bits per heavy atom. The van der Waals surface area contributed by atoms with Gasteiger partial charge in [0.25, 0.3) is 5.91 Å². The van der Waals surface area contributed by atoms with Gasteiger partial charge in [0.2, 0.25) is 10.9 Å². The van der Waals surface area contributed by atoms with E-state index in [9.17, 15) is 9.59 Å². The molecule has 0 saturated heterocycles. The van der Waals surface area contributed by atoms with Crippen molar-refractivity contribution < 1.29 is 9.21 Å². The molecular weight excluding hydrogens is 469 g/mol. The third kappa shape index (κ3) is 3.50. The third-order valence-electron chi connectivity index (χ3n) is 5.24. The van der Waals surface area contributed by atoms with E-state index in [0.717, 1.165) is 11.4 Å². The molecule has 0 radical (unpaired) electrons. The number of nitrogens with zero attached hydrogens (tertiary/aromatic N) is 3. The number of rotatable bonds is 4. The average Bonchev–Trinajstić information content (AvgIpc) is 3.30. The monoisotopic (exact) mass is 485 g/mol. The molecule has 2 aromatic heterocycles. The minimum atomic E-state index is -0.740. The van der Waals surface area contributed by atoms with Gasteiger partial charge < -0.3 is 4.42 Å². The number of hydrogen-bond donors (Lipinski definition) is 0. The van der Waals surface area contributed by atoms with Crippen molar-refractivity contribution in [3.63, 3.8) is 0 Å². The molecule has 0 N–H and O–H groups in total. The highest BCUT2D eigenvalue weighted by Gasteiger charge is 2.45. The zero-order valence-corrected chi connectivity index (χ0v) is 19.5. The van der Waals surface area contributed by atoms with E-state index in [0.29, 0.717) is 37.6 Å². The summed E-state index contributed by atoms with van der Waals surface area (Å²) in [6, 6.07) is 11.1. The number of anilines is 1. The third-order valence-corrected chi connectivity index (χ3v) is 6.66. The number of amides is 1. The van der Waals surface area contributed by atoms with Crippen LogP contribution >= 0.6 is 34.5 Å². The first kappa shape index (κ1) is 21.1. The van der Waals surface area contributed by atoms with Crippen molar-refractivity contribution in [1.82, 2.24) is 10.2 Å². The van der Waals surface area contributed by atoms with Gasteiger partial charge >= 0.3 is 0 Å². The van der Waals surface area contributed by atoms with Gasteiger partial charge in [-0.1, -0.05) is 60.5 Å². The second-order valence-electron chi connectivity index (χ2n) is 8.02. The van der Waals surface area contributed by atoms with Crippen LogP contribution in [0.25, 0.3) is 11.0 Å². The quantitative estimate of drug-likeness (QED) is 0.359. The zero-order chi connectivity index (χ0) is 22.6. The molecule has 5 rings (SSSR count). The summed E-state index contributed by atoms with van der Waals surface area (Å²) in [6.07, 6.45) is 0.744. The van der Waals surface area contributed by atoms with E-state index in [-0.39, 0.29) is 16.8 Å². The number of hydrogen-bond acceptors (Lipinski definition) is 6. The number of aromatic nitrogens is 2. The van der Waals surface area contributed by atoms with Gasteiger partial charge in [0, 0.05) is 16.5 Å². The summed E-state index contributed by atoms with van der Waals surface area (Å²) in [7, 11) is 0. The molecule has 0 spiro atoms. The maximum atomic E-state index is 13.6. The molecule has 4 aromatic rings. The highest BCUT2D eigenvalue weighted by Crippen LogP contribution is 2.42. The summed E-state index contributed by atoms with van der Waals surface area (Å²) < 4.78 is 5.93. The number of carbonyl (C=O) groups excluding carboxylic acids is 1. The minimum absolute atomic E-state index is 0.00425. The van der Waals surface area contributed by atoms with Gasteiger partial charge in [0.05, 0.1) is 17.0 Å². The Kier molecular flexibility index (Phi) is 5.28. The molecule has 1 aliphatic heterocycles. The van der Waals surface area contributed by atoms with Crippen molar-refractivity contribution in [1.29, 1.82) is 0 Å². The van der Waals surface area contributed by atoms with Gasteiger partial charge in [-0.3, -0.25) is 14.5 Å². The van der Waals surface area contributed by atoms with Crippen molar-refractivity contribution in [2.75, 3.05) is 4.90 Å². The fourth-order valence-electron chi connectivity index (χ4n) is 3.91. The Labute approximate surface area is 197 Å². The molecule has 3 heterocycles. The van der Waals surface area contributed by atoms with Crippen LogP contribution in [0.15, 0.2) is 51.7 Å². The molecule has 0 unspecified atom stereocenters. The Morgan fingerprint density at radius 2 is 1.88 bits per heavy atom. The van der Waals surface area contributed by atoms with Crippen LogP contribution < -0.4 is 10.3 Å². The summed E-state index contributed by atoms with van der Waals surface area (Å²) in [5, 5.41) is 11.0. The van der Waals surface area contributed by atoms with Crippen LogP contribution in [0.4, 0.5) is 5.13 Å². The highest BCUT2D eigenvalue weighted by molar-refractivity contribution is 7.15. The van der Waals surface area contributed by atoms with Crippen molar-refractivity contribution in [3.8, 4) is 0 Å². The van der Waals surface area contributed by atoms with Crippen LogP contribution in [0.5, 0.6) is 0 Å². The van der Waals surface area contributed by atoms with Crippen molar-refractivity contribution in [3.05, 3.63) is 84.6 Å². The number of fused-ring (bicyclic) bond motifs is 2. The number of halogens is 2. The molecule has 1 atom stereocenters. The molecule has 1 aliphatic rings. The van der Waals surface area contributed by atoms with Gasteiger partial charge in [-0.25, -0.2) is 0 Å². The molecule has 32 heavy (non-hydrogen) atoms. The maximum Gasteiger partial charge on any atom is 0.297 e. The fraction of sp³-hybridized carbons (Fsp3) is 0.217. The molecule has 162 valence electrons. The summed E-state index contributed by atoms with van der Waals surface area (Å²) in [5.41, 5.74) is 0.916. The molecule has 2 aromatic carbocycles. The number of benzene rings is 2. The van der Waals surface area contributed by atoms with Gasteiger partial charge in [-0.15, -0.1) is 10.2 Å². The van der Waals surface area contributed by atoms with E-state index >= 15 is 0 Å². The normalized spacial score (nSPS) is 15.7. The lowest BCUT2D eigenvalue weighted by molar-refractivity contribution is 0.0970. The van der Waals surface area contributed by atoms with E-state index in [1.165, 1.54) is 16.2 Å². The molecule has 1 amide bonds. The first-order chi connectivity index (χ1) is 15.3. The summed E-state index contributed by atoms with van der Waals surface area (Å²) in [5.74, 6) is -0.0501. The Morgan fingerprint density at radius 3 is 2.62 bits per heavy atom. The van der Waals surface area contributed by atoms with E-state index in [2.05, 4.69) is 24.0 Å². The lowest BCUT2D eigenvalue weighted by Crippen LogP contribution is -2.29. The predicted octanol–water partition coefficient (Wildman–Crippen LogP) is 5.90. The Hall–Kier alpha value is -2.74. The van der Waals surface area contributed by atoms with Crippen LogP contribution in [0.1, 0.15) is 46.6 Å². The van der Waals surface area contributed by atoms with E-state index in [4.69, 9.17) is 27.6 Å². The second-order valence-corrected chi connectivity index (χ2v) is 9.94. The van der Waals surface area contributed by atoms with Crippen molar-refractivity contribution >= 4 is 56.5 Å². The maximum absolute atomic E-state index is 13.6. The lowest BCUT2D eigenvalue weighted by Gasteiger charge is -2.22. The van der Waals surface area contributed by atoms with Crippen molar-refractivity contribution in [2.24, 2.45) is 5.92 Å². The minimum Gasteiger partial charge on any atom is -0.450 e. The van der Waals surface area contributed by atoms with E-state index < -0.39 is 11.9 Å². The predicted molar refractivity (Wildman–Crippen MR) is 126 cm³/mol. The van der Waals surface area contributed by atoms with Crippen LogP contribution in [-0.4, -0.2) is 16.1 Å². The molecule has 6 nitrogen and oxygen atoms in total. The SMILES string of the molecule is CC(C)Cc1nnc(N2C(=O)c3oc4ccc(Cl)cc4c(=O)c3[C@H]2c2cccc(Cl)c2)s1. The largest absolute Gasteiger partial charge is 0.450 e. The molecule has 0 fully saturated rings. The van der Waals surface area contributed by atoms with Gasteiger partial charge in [-0.2, -0.15) is 0 Å². The Bertz CT molecular complexity index is 1430. The highest BCUT2D eigenvalue weighted by atomic mass is 35.5. The van der Waals surface area contributed by atoms with Crippen LogP contribution in [0, 0.1) is 5.92 Å². The molecule has 9 heteroatoms. The summed E-state index contributed by atoms with van der Waals surface area (Å²) >= 11 is 13.7. The first-order valence-electron chi connectivity index (χ1n) is 10.0. The molecule has 0 aliphatic carbocycles. The standard InChI is InChI=1S/C23H17Cl2N3O3S/c1-11(2)8-17-26-27-23(32-17)28-19(12-4-3-5-13(24)9-12)18-20(29)15-10-14(25)6-7-16(15)31-21(18)22(28)30/h3-7,9-11,19H,8H2,1-2H3/t19-/m1/s1. The van der Waals surface area contributed by atoms with E-state index in [1.807, 2.05) is 6.07 Å². The average molecular weight is 486 g/mol. The fourth-order valence-corrected chi connectivity index (χ4v) is 5.36. The van der Waals surface area contributed by atoms with Crippen LogP contribution in [0.2, 0.25) is 10.0 Å². The van der Waals surface area contributed by atoms with E-state index in [1.54, 1.807) is 36.4 Å². The zero-order valence-electron chi connectivity index (χ0n) is 17.1. The van der Waals surface area contributed by atoms with Crippen molar-refractivity contribution in [2.45, 2.75) is 26.3 Å². The molecule has 0 saturated carbocycles. The first-order valence-corrected chi connectivity index (χ1v) is 11.6. The van der Waals surface area contributed by atoms with Gasteiger partial charge in [-0.05, 0) is 41.8 Å². The van der Waals surface area contributed by atoms with Gasteiger partial charge in [0.15, 0.2) is 5.43 Å². The topological polar surface area (TPSA) is 76.3 Å². The van der Waals surface area contributed by atoms with Crippen LogP contribution in [0.3, 0.4) is 0 Å².